The maximum Gasteiger partial charge on any atom is 0.237 e. The molecule has 0 saturated carbocycles. The number of amides is 2. The first-order valence-electron chi connectivity index (χ1n) is 7.36. The first-order chi connectivity index (χ1) is 11.0. The summed E-state index contributed by atoms with van der Waals surface area (Å²) in [5.74, 6) is -0.786. The minimum Gasteiger partial charge on any atom is -0.274 e. The predicted octanol–water partition coefficient (Wildman–Crippen LogP) is 4.68. The molecule has 0 aliphatic carbocycles. The van der Waals surface area contributed by atoms with Crippen LogP contribution in [0.2, 0.25) is 10.0 Å². The molecule has 1 saturated heterocycles. The van der Waals surface area contributed by atoms with Gasteiger partial charge in [0.1, 0.15) is 0 Å². The summed E-state index contributed by atoms with van der Waals surface area (Å²) in [6, 6.07) is 14.5. The van der Waals surface area contributed by atoms with E-state index in [0.717, 1.165) is 5.56 Å². The lowest BCUT2D eigenvalue weighted by Gasteiger charge is -2.19. The number of halogens is 2. The van der Waals surface area contributed by atoms with Crippen LogP contribution in [0.15, 0.2) is 48.5 Å². The van der Waals surface area contributed by atoms with Gasteiger partial charge in [0.2, 0.25) is 11.8 Å². The highest BCUT2D eigenvalue weighted by molar-refractivity contribution is 6.42. The van der Waals surface area contributed by atoms with E-state index in [9.17, 15) is 9.59 Å². The molecule has 0 bridgehead atoms. The molecule has 1 aliphatic rings. The Kier molecular flexibility index (Phi) is 4.42. The van der Waals surface area contributed by atoms with E-state index in [4.69, 9.17) is 23.2 Å². The predicted molar refractivity (Wildman–Crippen MR) is 91.9 cm³/mol. The van der Waals surface area contributed by atoms with Crippen LogP contribution in [0.5, 0.6) is 0 Å². The highest BCUT2D eigenvalue weighted by atomic mass is 35.5. The average molecular weight is 348 g/mol. The van der Waals surface area contributed by atoms with Crippen LogP contribution in [0.4, 0.5) is 5.69 Å². The zero-order valence-electron chi connectivity index (χ0n) is 12.5. The third-order valence-corrected chi connectivity index (χ3v) is 5.01. The number of benzene rings is 2. The van der Waals surface area contributed by atoms with Gasteiger partial charge in [0.25, 0.3) is 0 Å². The van der Waals surface area contributed by atoms with E-state index in [0.29, 0.717) is 15.7 Å². The Morgan fingerprint density at radius 2 is 1.74 bits per heavy atom. The molecule has 0 aromatic heterocycles. The molecule has 2 atom stereocenters. The SMILES string of the molecule is C[C@@H](c1ccccc1)[C@@H]1CC(=O)N(c2ccc(Cl)c(Cl)c2)C1=O. The molecule has 0 spiro atoms. The lowest BCUT2D eigenvalue weighted by atomic mass is 9.86. The topological polar surface area (TPSA) is 37.4 Å². The second-order valence-electron chi connectivity index (χ2n) is 5.68. The minimum absolute atomic E-state index is 0.0274. The average Bonchev–Trinajstić information content (AvgIpc) is 2.85. The van der Waals surface area contributed by atoms with Crippen LogP contribution in [0.3, 0.4) is 0 Å². The van der Waals surface area contributed by atoms with Crippen LogP contribution in [0.1, 0.15) is 24.8 Å². The van der Waals surface area contributed by atoms with Gasteiger partial charge in [0.15, 0.2) is 0 Å². The summed E-state index contributed by atoms with van der Waals surface area (Å²) in [4.78, 5) is 26.3. The number of imide groups is 1. The van der Waals surface area contributed by atoms with Crippen LogP contribution in [0, 0.1) is 5.92 Å². The number of hydrogen-bond donors (Lipinski definition) is 0. The molecule has 118 valence electrons. The van der Waals surface area contributed by atoms with E-state index >= 15 is 0 Å². The number of nitrogens with zero attached hydrogens (tertiary/aromatic N) is 1. The van der Waals surface area contributed by atoms with Crippen molar-refractivity contribution in [1.29, 1.82) is 0 Å². The number of anilines is 1. The van der Waals surface area contributed by atoms with Crippen molar-refractivity contribution >= 4 is 40.7 Å². The summed E-state index contributed by atoms with van der Waals surface area (Å²) in [7, 11) is 0. The molecule has 0 radical (unpaired) electrons. The van der Waals surface area contributed by atoms with Crippen molar-refractivity contribution in [3.63, 3.8) is 0 Å². The van der Waals surface area contributed by atoms with E-state index in [2.05, 4.69) is 0 Å². The van der Waals surface area contributed by atoms with Crippen molar-refractivity contribution in [3.8, 4) is 0 Å². The van der Waals surface area contributed by atoms with Crippen LogP contribution in [-0.2, 0) is 9.59 Å². The largest absolute Gasteiger partial charge is 0.274 e. The van der Waals surface area contributed by atoms with E-state index in [1.54, 1.807) is 18.2 Å². The molecule has 2 amide bonds. The third kappa shape index (κ3) is 2.99. The van der Waals surface area contributed by atoms with Crippen molar-refractivity contribution in [2.45, 2.75) is 19.3 Å². The highest BCUT2D eigenvalue weighted by Crippen LogP contribution is 2.37. The Morgan fingerprint density at radius 1 is 1.04 bits per heavy atom. The highest BCUT2D eigenvalue weighted by Gasteiger charge is 2.42. The van der Waals surface area contributed by atoms with Gasteiger partial charge in [-0.2, -0.15) is 0 Å². The summed E-state index contributed by atoms with van der Waals surface area (Å²) in [6.07, 6.45) is 0.204. The Bertz CT molecular complexity index is 761. The summed E-state index contributed by atoms with van der Waals surface area (Å²) < 4.78 is 0. The molecule has 0 unspecified atom stereocenters. The molecule has 1 heterocycles. The van der Waals surface area contributed by atoms with Crippen LogP contribution < -0.4 is 4.90 Å². The third-order valence-electron chi connectivity index (χ3n) is 4.27. The number of carbonyl (C=O) groups is 2. The maximum absolute atomic E-state index is 12.8. The molecular weight excluding hydrogens is 333 g/mol. The van der Waals surface area contributed by atoms with Crippen LogP contribution in [-0.4, -0.2) is 11.8 Å². The quantitative estimate of drug-likeness (QED) is 0.756. The van der Waals surface area contributed by atoms with Crippen molar-refractivity contribution in [2.24, 2.45) is 5.92 Å². The van der Waals surface area contributed by atoms with E-state index < -0.39 is 0 Å². The fraction of sp³-hybridized carbons (Fsp3) is 0.222. The molecule has 0 N–H and O–H groups in total. The molecular formula is C18H15Cl2NO2. The van der Waals surface area contributed by atoms with Gasteiger partial charge in [-0.05, 0) is 29.7 Å². The number of rotatable bonds is 3. The summed E-state index contributed by atoms with van der Waals surface area (Å²) >= 11 is 11.9. The van der Waals surface area contributed by atoms with Gasteiger partial charge >= 0.3 is 0 Å². The van der Waals surface area contributed by atoms with Gasteiger partial charge in [0, 0.05) is 6.42 Å². The first-order valence-corrected chi connectivity index (χ1v) is 8.11. The summed E-state index contributed by atoms with van der Waals surface area (Å²) in [5.41, 5.74) is 1.52. The normalized spacial score (nSPS) is 19.3. The molecule has 3 nitrogen and oxygen atoms in total. The van der Waals surface area contributed by atoms with Gasteiger partial charge in [-0.15, -0.1) is 0 Å². The Balaban J connectivity index is 1.89. The molecule has 1 aliphatic heterocycles. The standard InChI is InChI=1S/C18H15Cl2NO2/c1-11(12-5-3-2-4-6-12)14-10-17(22)21(18(14)23)13-7-8-15(19)16(20)9-13/h2-9,11,14H,10H2,1H3/t11-,14-/m0/s1. The monoisotopic (exact) mass is 347 g/mol. The number of carbonyl (C=O) groups excluding carboxylic acids is 2. The van der Waals surface area contributed by atoms with E-state index in [-0.39, 0.29) is 30.1 Å². The van der Waals surface area contributed by atoms with Crippen molar-refractivity contribution in [2.75, 3.05) is 4.90 Å². The zero-order valence-corrected chi connectivity index (χ0v) is 14.0. The lowest BCUT2D eigenvalue weighted by Crippen LogP contribution is -2.31. The van der Waals surface area contributed by atoms with Gasteiger partial charge in [-0.1, -0.05) is 60.5 Å². The van der Waals surface area contributed by atoms with Crippen LogP contribution >= 0.6 is 23.2 Å². The zero-order chi connectivity index (χ0) is 16.6. The summed E-state index contributed by atoms with van der Waals surface area (Å²) in [6.45, 7) is 1.98. The second-order valence-corrected chi connectivity index (χ2v) is 6.49. The van der Waals surface area contributed by atoms with Gasteiger partial charge < -0.3 is 0 Å². The van der Waals surface area contributed by atoms with E-state index in [1.165, 1.54) is 4.90 Å². The fourth-order valence-corrected chi connectivity index (χ4v) is 3.22. The van der Waals surface area contributed by atoms with Gasteiger partial charge in [-0.3, -0.25) is 14.5 Å². The number of hydrogen-bond acceptors (Lipinski definition) is 2. The second kappa shape index (κ2) is 6.34. The Hall–Kier alpha value is -1.84. The maximum atomic E-state index is 12.8. The minimum atomic E-state index is -0.362. The van der Waals surface area contributed by atoms with Crippen molar-refractivity contribution < 1.29 is 9.59 Å². The summed E-state index contributed by atoms with van der Waals surface area (Å²) in [5, 5.41) is 0.716. The molecule has 23 heavy (non-hydrogen) atoms. The Morgan fingerprint density at radius 3 is 2.39 bits per heavy atom. The smallest absolute Gasteiger partial charge is 0.237 e. The Labute approximate surface area is 144 Å². The molecule has 2 aromatic carbocycles. The first kappa shape index (κ1) is 16.0. The van der Waals surface area contributed by atoms with E-state index in [1.807, 2.05) is 37.3 Å². The molecule has 2 aromatic rings. The van der Waals surface area contributed by atoms with Gasteiger partial charge in [-0.25, -0.2) is 0 Å². The van der Waals surface area contributed by atoms with Crippen molar-refractivity contribution in [3.05, 3.63) is 64.1 Å². The molecule has 1 fully saturated rings. The van der Waals surface area contributed by atoms with Crippen molar-refractivity contribution in [1.82, 2.24) is 0 Å². The lowest BCUT2D eigenvalue weighted by molar-refractivity contribution is -0.122. The van der Waals surface area contributed by atoms with Gasteiger partial charge in [0.05, 0.1) is 21.7 Å². The molecule has 3 rings (SSSR count). The van der Waals surface area contributed by atoms with Crippen LogP contribution in [0.25, 0.3) is 0 Å². The molecule has 5 heteroatoms. The fourth-order valence-electron chi connectivity index (χ4n) is 2.93.